The first-order chi connectivity index (χ1) is 22.3. The van der Waals surface area contributed by atoms with Crippen LogP contribution >= 0.6 is 22.9 Å². The number of fused-ring (bicyclic) bond motifs is 2. The van der Waals surface area contributed by atoms with Crippen LogP contribution in [-0.4, -0.2) is 49.3 Å². The number of para-hydroxylation sites is 1. The van der Waals surface area contributed by atoms with Gasteiger partial charge in [-0.15, -0.1) is 0 Å². The van der Waals surface area contributed by atoms with Crippen molar-refractivity contribution in [1.29, 1.82) is 0 Å². The Hall–Kier alpha value is -5.00. The summed E-state index contributed by atoms with van der Waals surface area (Å²) in [6, 6.07) is 19.9. The Balaban J connectivity index is 1.69. The van der Waals surface area contributed by atoms with Crippen molar-refractivity contribution in [1.82, 2.24) is 4.57 Å². The van der Waals surface area contributed by atoms with Crippen LogP contribution in [0.1, 0.15) is 36.6 Å². The molecule has 46 heavy (non-hydrogen) atoms. The molecule has 2 aliphatic rings. The van der Waals surface area contributed by atoms with E-state index in [0.717, 1.165) is 11.3 Å². The van der Waals surface area contributed by atoms with Crippen LogP contribution in [0.25, 0.3) is 11.3 Å². The fourth-order valence-corrected chi connectivity index (χ4v) is 6.97. The van der Waals surface area contributed by atoms with E-state index in [4.69, 9.17) is 30.8 Å². The Bertz CT molecular complexity index is 2100. The van der Waals surface area contributed by atoms with Gasteiger partial charge in [0.05, 0.1) is 42.9 Å². The normalized spacial score (nSPS) is 16.5. The number of benzene rings is 3. The molecule has 0 bridgehead atoms. The predicted octanol–water partition coefficient (Wildman–Crippen LogP) is 3.88. The molecular weight excluding hydrogens is 630 g/mol. The van der Waals surface area contributed by atoms with E-state index in [2.05, 4.69) is 0 Å². The van der Waals surface area contributed by atoms with Gasteiger partial charge in [-0.2, -0.15) is 0 Å². The summed E-state index contributed by atoms with van der Waals surface area (Å²) >= 11 is 7.50. The quantitative estimate of drug-likeness (QED) is 0.264. The number of ether oxygens (including phenoxy) is 3. The van der Waals surface area contributed by atoms with Crippen molar-refractivity contribution in [3.8, 4) is 5.75 Å². The Morgan fingerprint density at radius 2 is 1.67 bits per heavy atom. The second-order valence-electron chi connectivity index (χ2n) is 10.2. The van der Waals surface area contributed by atoms with E-state index in [1.165, 1.54) is 16.6 Å². The van der Waals surface area contributed by atoms with Crippen LogP contribution in [0, 0.1) is 0 Å². The van der Waals surface area contributed by atoms with E-state index in [0.29, 0.717) is 38.8 Å². The monoisotopic (exact) mass is 657 g/mol. The van der Waals surface area contributed by atoms with Crippen molar-refractivity contribution in [3.05, 3.63) is 120 Å². The second kappa shape index (κ2) is 12.8. The van der Waals surface area contributed by atoms with Crippen molar-refractivity contribution in [2.75, 3.05) is 31.8 Å². The number of thiazole rings is 1. The zero-order valence-electron chi connectivity index (χ0n) is 25.1. The van der Waals surface area contributed by atoms with E-state index in [9.17, 15) is 19.2 Å². The number of hydrogen-bond donors (Lipinski definition) is 0. The number of amides is 1. The zero-order valence-corrected chi connectivity index (χ0v) is 26.7. The molecule has 0 saturated carbocycles. The van der Waals surface area contributed by atoms with Crippen molar-refractivity contribution < 1.29 is 28.6 Å². The summed E-state index contributed by atoms with van der Waals surface area (Å²) in [5, 5.41) is 0.358. The van der Waals surface area contributed by atoms with E-state index in [1.54, 1.807) is 56.3 Å². The van der Waals surface area contributed by atoms with Gasteiger partial charge in [-0.3, -0.25) is 23.9 Å². The first-order valence-corrected chi connectivity index (χ1v) is 15.7. The lowest BCUT2D eigenvalue weighted by Gasteiger charge is -2.27. The van der Waals surface area contributed by atoms with Gasteiger partial charge in [0.2, 0.25) is 0 Å². The molecule has 0 spiro atoms. The summed E-state index contributed by atoms with van der Waals surface area (Å²) in [6.07, 6.45) is 0. The van der Waals surface area contributed by atoms with Crippen LogP contribution < -0.4 is 24.5 Å². The number of halogens is 1. The van der Waals surface area contributed by atoms with Gasteiger partial charge in [0.15, 0.2) is 4.80 Å². The summed E-state index contributed by atoms with van der Waals surface area (Å²) in [7, 11) is 1.48. The second-order valence-corrected chi connectivity index (χ2v) is 11.6. The van der Waals surface area contributed by atoms with Gasteiger partial charge >= 0.3 is 11.9 Å². The smallest absolute Gasteiger partial charge is 0.338 e. The SMILES string of the molecule is CCOC(=O)CN1C(=O)/C(=c2\sc3n(c2=O)[C@H](c2cc(Cl)ccc2OC)C(C(=O)OCC)=C(c2ccccc2)N=3)c2ccccc21. The standard InChI is InChI=1S/C34H28ClN3O7S/c1-4-44-25(39)18-37-23-14-10-9-13-21(23)26(31(37)40)30-32(41)38-29(22-17-20(35)15-16-24(22)43-3)27(33(42)45-5-2)28(36-34(38)46-30)19-11-7-6-8-12-19/h6-17,29H,4-5,18H2,1-3H3/b30-26-/t29-/m1/s1. The van der Waals surface area contributed by atoms with E-state index in [1.807, 2.05) is 30.3 Å². The number of nitrogens with zero attached hydrogens (tertiary/aromatic N) is 3. The Kier molecular flexibility index (Phi) is 8.61. The highest BCUT2D eigenvalue weighted by Gasteiger charge is 2.39. The van der Waals surface area contributed by atoms with Crippen molar-refractivity contribution in [2.24, 2.45) is 4.99 Å². The number of anilines is 1. The lowest BCUT2D eigenvalue weighted by Crippen LogP contribution is -2.41. The molecule has 6 rings (SSSR count). The summed E-state index contributed by atoms with van der Waals surface area (Å²) in [5.74, 6) is -1.39. The first kappa shape index (κ1) is 31.0. The van der Waals surface area contributed by atoms with E-state index >= 15 is 0 Å². The highest BCUT2D eigenvalue weighted by Crippen LogP contribution is 2.40. The number of hydrogen-bond acceptors (Lipinski definition) is 9. The van der Waals surface area contributed by atoms with Crippen LogP contribution in [0.2, 0.25) is 5.02 Å². The van der Waals surface area contributed by atoms with Gasteiger partial charge in [0, 0.05) is 21.7 Å². The Morgan fingerprint density at radius 3 is 2.39 bits per heavy atom. The molecule has 0 radical (unpaired) electrons. The van der Waals surface area contributed by atoms with Crippen molar-refractivity contribution in [2.45, 2.75) is 19.9 Å². The molecule has 2 aliphatic heterocycles. The Morgan fingerprint density at radius 1 is 0.957 bits per heavy atom. The highest BCUT2D eigenvalue weighted by atomic mass is 35.5. The van der Waals surface area contributed by atoms with Crippen molar-refractivity contribution >= 4 is 57.7 Å². The molecule has 10 nitrogen and oxygen atoms in total. The maximum Gasteiger partial charge on any atom is 0.338 e. The lowest BCUT2D eigenvalue weighted by atomic mass is 9.92. The number of rotatable bonds is 8. The minimum absolute atomic E-state index is 0.0833. The highest BCUT2D eigenvalue weighted by molar-refractivity contribution is 7.07. The third kappa shape index (κ3) is 5.31. The molecule has 0 unspecified atom stereocenters. The summed E-state index contributed by atoms with van der Waals surface area (Å²) in [5.41, 5.74) is 2.02. The maximum atomic E-state index is 14.6. The average molecular weight is 658 g/mol. The Labute approximate surface area is 272 Å². The van der Waals surface area contributed by atoms with E-state index < -0.39 is 29.4 Å². The molecule has 1 atom stereocenters. The van der Waals surface area contributed by atoms with Gasteiger partial charge in [-0.05, 0) is 38.1 Å². The molecule has 234 valence electrons. The number of carbonyl (C=O) groups is 3. The minimum atomic E-state index is -1.07. The molecule has 0 aliphatic carbocycles. The molecule has 1 amide bonds. The number of aromatic nitrogens is 1. The first-order valence-electron chi connectivity index (χ1n) is 14.5. The molecule has 12 heteroatoms. The zero-order chi connectivity index (χ0) is 32.5. The largest absolute Gasteiger partial charge is 0.496 e. The summed E-state index contributed by atoms with van der Waals surface area (Å²) < 4.78 is 17.8. The number of esters is 2. The van der Waals surface area contributed by atoms with Crippen LogP contribution in [-0.2, 0) is 23.9 Å². The predicted molar refractivity (Wildman–Crippen MR) is 173 cm³/mol. The van der Waals surface area contributed by atoms with Gasteiger partial charge in [0.25, 0.3) is 11.5 Å². The van der Waals surface area contributed by atoms with Gasteiger partial charge in [-0.1, -0.05) is 71.5 Å². The van der Waals surface area contributed by atoms with Crippen LogP contribution in [0.3, 0.4) is 0 Å². The molecule has 3 heterocycles. The van der Waals surface area contributed by atoms with Crippen LogP contribution in [0.4, 0.5) is 5.69 Å². The fraction of sp³-hybridized carbons (Fsp3) is 0.206. The van der Waals surface area contributed by atoms with Gasteiger partial charge < -0.3 is 14.2 Å². The number of carbonyl (C=O) groups excluding carboxylic acids is 3. The van der Waals surface area contributed by atoms with Crippen molar-refractivity contribution in [3.63, 3.8) is 0 Å². The maximum absolute atomic E-state index is 14.6. The molecule has 0 N–H and O–H groups in total. The lowest BCUT2D eigenvalue weighted by molar-refractivity contribution is -0.142. The molecular formula is C34H28ClN3O7S. The fourth-order valence-electron chi connectivity index (χ4n) is 5.70. The molecule has 1 aromatic heterocycles. The molecule has 0 fully saturated rings. The minimum Gasteiger partial charge on any atom is -0.496 e. The van der Waals surface area contributed by atoms with Gasteiger partial charge in [-0.25, -0.2) is 9.79 Å². The van der Waals surface area contributed by atoms with Gasteiger partial charge in [0.1, 0.15) is 22.9 Å². The topological polar surface area (TPSA) is 116 Å². The summed E-state index contributed by atoms with van der Waals surface area (Å²) in [6.45, 7) is 3.30. The third-order valence-corrected chi connectivity index (χ3v) is 8.87. The molecule has 0 saturated heterocycles. The number of methoxy groups -OCH3 is 1. The van der Waals surface area contributed by atoms with E-state index in [-0.39, 0.29) is 40.2 Å². The third-order valence-electron chi connectivity index (χ3n) is 7.58. The average Bonchev–Trinajstić information content (AvgIpc) is 3.52. The van der Waals surface area contributed by atoms with Crippen LogP contribution in [0.5, 0.6) is 5.75 Å². The molecule has 4 aromatic rings. The van der Waals surface area contributed by atoms with Crippen LogP contribution in [0.15, 0.2) is 88.2 Å². The molecule has 3 aromatic carbocycles. The summed E-state index contributed by atoms with van der Waals surface area (Å²) in [4.78, 5) is 61.3.